The van der Waals surface area contributed by atoms with Gasteiger partial charge in [0, 0.05) is 13.1 Å². The lowest BCUT2D eigenvalue weighted by Crippen LogP contribution is -2.39. The van der Waals surface area contributed by atoms with Gasteiger partial charge in [-0.1, -0.05) is 26.3 Å². The van der Waals surface area contributed by atoms with E-state index in [-0.39, 0.29) is 5.56 Å². The lowest BCUT2D eigenvalue weighted by atomic mass is 9.78. The number of nitrogens with zero attached hydrogens (tertiary/aromatic N) is 1. The number of piperidine rings is 1. The quantitative estimate of drug-likeness (QED) is 0.762. The Balaban J connectivity index is 2.20. The summed E-state index contributed by atoms with van der Waals surface area (Å²) in [5, 5.41) is 0. The molecule has 1 aliphatic heterocycles. The lowest BCUT2D eigenvalue weighted by molar-refractivity contribution is 0.112. The Bertz CT molecular complexity index is 436. The number of hydrogen-bond acceptors (Lipinski definition) is 2. The minimum atomic E-state index is -0.425. The SMILES string of the molecule is CCC1(C)CCN(c2cccc(F)c2C=O)CC1. The van der Waals surface area contributed by atoms with E-state index in [1.54, 1.807) is 6.07 Å². The summed E-state index contributed by atoms with van der Waals surface area (Å²) < 4.78 is 13.6. The van der Waals surface area contributed by atoms with Crippen molar-refractivity contribution in [2.45, 2.75) is 33.1 Å². The van der Waals surface area contributed by atoms with Crippen LogP contribution in [-0.2, 0) is 0 Å². The summed E-state index contributed by atoms with van der Waals surface area (Å²) in [6, 6.07) is 4.85. The molecule has 98 valence electrons. The van der Waals surface area contributed by atoms with Crippen molar-refractivity contribution in [2.24, 2.45) is 5.41 Å². The molecule has 1 aliphatic rings. The molecule has 0 saturated carbocycles. The van der Waals surface area contributed by atoms with E-state index in [2.05, 4.69) is 18.7 Å². The zero-order chi connectivity index (χ0) is 13.2. The largest absolute Gasteiger partial charge is 0.371 e. The van der Waals surface area contributed by atoms with Gasteiger partial charge < -0.3 is 4.90 Å². The van der Waals surface area contributed by atoms with Gasteiger partial charge in [0.05, 0.1) is 11.3 Å². The second kappa shape index (κ2) is 5.09. The summed E-state index contributed by atoms with van der Waals surface area (Å²) in [4.78, 5) is 13.1. The van der Waals surface area contributed by atoms with Crippen molar-refractivity contribution in [2.75, 3.05) is 18.0 Å². The Kier molecular flexibility index (Phi) is 3.69. The first-order chi connectivity index (χ1) is 8.59. The zero-order valence-corrected chi connectivity index (χ0v) is 11.1. The van der Waals surface area contributed by atoms with Gasteiger partial charge in [-0.05, 0) is 30.4 Å². The minimum absolute atomic E-state index is 0.192. The summed E-state index contributed by atoms with van der Waals surface area (Å²) in [7, 11) is 0. The van der Waals surface area contributed by atoms with E-state index in [0.717, 1.165) is 31.6 Å². The molecule has 1 heterocycles. The Morgan fingerprint density at radius 2 is 2.06 bits per heavy atom. The maximum atomic E-state index is 13.6. The zero-order valence-electron chi connectivity index (χ0n) is 11.1. The van der Waals surface area contributed by atoms with Gasteiger partial charge >= 0.3 is 0 Å². The number of halogens is 1. The molecule has 0 aliphatic carbocycles. The van der Waals surface area contributed by atoms with E-state index in [1.165, 1.54) is 12.5 Å². The van der Waals surface area contributed by atoms with E-state index >= 15 is 0 Å². The standard InChI is InChI=1S/C15H20FNO/c1-3-15(2)7-9-17(10-8-15)14-6-4-5-13(16)12(14)11-18/h4-6,11H,3,7-10H2,1-2H3. The van der Waals surface area contributed by atoms with Gasteiger partial charge in [0.1, 0.15) is 5.82 Å². The van der Waals surface area contributed by atoms with Crippen LogP contribution >= 0.6 is 0 Å². The third kappa shape index (κ3) is 2.40. The fourth-order valence-corrected chi connectivity index (χ4v) is 2.56. The van der Waals surface area contributed by atoms with Crippen LogP contribution in [0.5, 0.6) is 0 Å². The van der Waals surface area contributed by atoms with Crippen LogP contribution in [0, 0.1) is 11.2 Å². The molecule has 0 bridgehead atoms. The maximum absolute atomic E-state index is 13.6. The van der Waals surface area contributed by atoms with Crippen molar-refractivity contribution in [3.63, 3.8) is 0 Å². The average Bonchev–Trinajstić information content (AvgIpc) is 2.39. The molecule has 0 N–H and O–H groups in total. The van der Waals surface area contributed by atoms with Crippen molar-refractivity contribution in [1.82, 2.24) is 0 Å². The molecular formula is C15H20FNO. The van der Waals surface area contributed by atoms with Crippen molar-refractivity contribution in [3.05, 3.63) is 29.6 Å². The van der Waals surface area contributed by atoms with Gasteiger partial charge in [0.15, 0.2) is 6.29 Å². The van der Waals surface area contributed by atoms with Crippen molar-refractivity contribution in [1.29, 1.82) is 0 Å². The molecule has 1 fully saturated rings. The fraction of sp³-hybridized carbons (Fsp3) is 0.533. The molecule has 0 radical (unpaired) electrons. The Morgan fingerprint density at radius 3 is 2.61 bits per heavy atom. The van der Waals surface area contributed by atoms with Gasteiger partial charge in [-0.25, -0.2) is 4.39 Å². The maximum Gasteiger partial charge on any atom is 0.155 e. The first-order valence-electron chi connectivity index (χ1n) is 6.58. The smallest absolute Gasteiger partial charge is 0.155 e. The van der Waals surface area contributed by atoms with E-state index in [0.29, 0.717) is 11.7 Å². The Labute approximate surface area is 108 Å². The van der Waals surface area contributed by atoms with Crippen molar-refractivity contribution in [3.8, 4) is 0 Å². The highest BCUT2D eigenvalue weighted by Gasteiger charge is 2.29. The number of hydrogen-bond donors (Lipinski definition) is 0. The molecule has 2 nitrogen and oxygen atoms in total. The molecule has 0 atom stereocenters. The summed E-state index contributed by atoms with van der Waals surface area (Å²) >= 11 is 0. The van der Waals surface area contributed by atoms with Gasteiger partial charge in [-0.15, -0.1) is 0 Å². The highest BCUT2D eigenvalue weighted by molar-refractivity contribution is 5.85. The molecule has 1 aromatic rings. The first kappa shape index (κ1) is 13.1. The second-order valence-corrected chi connectivity index (χ2v) is 5.44. The van der Waals surface area contributed by atoms with Gasteiger partial charge in [0.25, 0.3) is 0 Å². The normalized spacial score (nSPS) is 18.7. The summed E-state index contributed by atoms with van der Waals surface area (Å²) in [5.74, 6) is -0.425. The van der Waals surface area contributed by atoms with Crippen LogP contribution in [0.1, 0.15) is 43.5 Å². The molecule has 0 unspecified atom stereocenters. The topological polar surface area (TPSA) is 20.3 Å². The van der Waals surface area contributed by atoms with Crippen LogP contribution in [0.2, 0.25) is 0 Å². The van der Waals surface area contributed by atoms with Crippen LogP contribution in [0.25, 0.3) is 0 Å². The van der Waals surface area contributed by atoms with Gasteiger partial charge in [0.2, 0.25) is 0 Å². The van der Waals surface area contributed by atoms with Crippen LogP contribution in [0.4, 0.5) is 10.1 Å². The number of anilines is 1. The molecule has 1 aromatic carbocycles. The van der Waals surface area contributed by atoms with Gasteiger partial charge in [-0.3, -0.25) is 4.79 Å². The molecule has 1 saturated heterocycles. The number of aldehydes is 1. The van der Waals surface area contributed by atoms with Crippen molar-refractivity contribution < 1.29 is 9.18 Å². The molecule has 2 rings (SSSR count). The molecule has 18 heavy (non-hydrogen) atoms. The molecule has 0 amide bonds. The van der Waals surface area contributed by atoms with Crippen LogP contribution in [0.3, 0.4) is 0 Å². The second-order valence-electron chi connectivity index (χ2n) is 5.44. The molecular weight excluding hydrogens is 229 g/mol. The fourth-order valence-electron chi connectivity index (χ4n) is 2.56. The summed E-state index contributed by atoms with van der Waals surface area (Å²) in [6.45, 7) is 6.31. The average molecular weight is 249 g/mol. The van der Waals surface area contributed by atoms with Crippen LogP contribution in [-0.4, -0.2) is 19.4 Å². The predicted molar refractivity (Wildman–Crippen MR) is 71.6 cm³/mol. The highest BCUT2D eigenvalue weighted by atomic mass is 19.1. The van der Waals surface area contributed by atoms with Gasteiger partial charge in [-0.2, -0.15) is 0 Å². The van der Waals surface area contributed by atoms with E-state index < -0.39 is 5.82 Å². The number of carbonyl (C=O) groups is 1. The third-order valence-corrected chi connectivity index (χ3v) is 4.31. The van der Waals surface area contributed by atoms with Crippen molar-refractivity contribution >= 4 is 12.0 Å². The minimum Gasteiger partial charge on any atom is -0.371 e. The predicted octanol–water partition coefficient (Wildman–Crippen LogP) is 3.65. The van der Waals surface area contributed by atoms with E-state index in [1.807, 2.05) is 6.07 Å². The number of rotatable bonds is 3. The summed E-state index contributed by atoms with van der Waals surface area (Å²) in [6.07, 6.45) is 3.99. The monoisotopic (exact) mass is 249 g/mol. The number of benzene rings is 1. The number of carbonyl (C=O) groups excluding carboxylic acids is 1. The molecule has 0 spiro atoms. The highest BCUT2D eigenvalue weighted by Crippen LogP contribution is 2.36. The lowest BCUT2D eigenvalue weighted by Gasteiger charge is -2.40. The van der Waals surface area contributed by atoms with Crippen LogP contribution < -0.4 is 4.90 Å². The van der Waals surface area contributed by atoms with E-state index in [4.69, 9.17) is 0 Å². The van der Waals surface area contributed by atoms with Crippen LogP contribution in [0.15, 0.2) is 18.2 Å². The molecule has 3 heteroatoms. The summed E-state index contributed by atoms with van der Waals surface area (Å²) in [5.41, 5.74) is 1.33. The third-order valence-electron chi connectivity index (χ3n) is 4.31. The Hall–Kier alpha value is -1.38. The first-order valence-corrected chi connectivity index (χ1v) is 6.58. The Morgan fingerprint density at radius 1 is 1.39 bits per heavy atom. The van der Waals surface area contributed by atoms with E-state index in [9.17, 15) is 9.18 Å². The molecule has 0 aromatic heterocycles.